The Bertz CT molecular complexity index is 610. The summed E-state index contributed by atoms with van der Waals surface area (Å²) in [5, 5.41) is 0. The van der Waals surface area contributed by atoms with Gasteiger partial charge in [-0.2, -0.15) is 0 Å². The van der Waals surface area contributed by atoms with Crippen molar-refractivity contribution in [2.45, 2.75) is 13.0 Å². The second-order valence-corrected chi connectivity index (χ2v) is 4.98. The first-order valence-electron chi connectivity index (χ1n) is 6.61. The van der Waals surface area contributed by atoms with Crippen LogP contribution in [0.3, 0.4) is 0 Å². The molecule has 0 aromatic heterocycles. The van der Waals surface area contributed by atoms with Gasteiger partial charge in [-0.3, -0.25) is 0 Å². The van der Waals surface area contributed by atoms with E-state index in [2.05, 4.69) is 47.4 Å². The van der Waals surface area contributed by atoms with Crippen molar-refractivity contribution in [3.63, 3.8) is 0 Å². The molecule has 0 N–H and O–H groups in total. The molecule has 0 atom stereocenters. The second kappa shape index (κ2) is 4.19. The van der Waals surface area contributed by atoms with E-state index in [0.717, 1.165) is 31.0 Å². The quantitative estimate of drug-likeness (QED) is 0.780. The molecule has 2 aliphatic heterocycles. The van der Waals surface area contributed by atoms with E-state index in [1.807, 2.05) is 0 Å². The number of hydrogen-bond donors (Lipinski definition) is 0. The molecular weight excluding hydrogens is 238 g/mol. The Morgan fingerprint density at radius 2 is 1.63 bits per heavy atom. The van der Waals surface area contributed by atoms with Gasteiger partial charge in [0.2, 0.25) is 6.79 Å². The Balaban J connectivity index is 1.67. The van der Waals surface area contributed by atoms with Crippen molar-refractivity contribution >= 4 is 5.69 Å². The van der Waals surface area contributed by atoms with Crippen LogP contribution in [0.25, 0.3) is 0 Å². The molecule has 2 aromatic rings. The summed E-state index contributed by atoms with van der Waals surface area (Å²) >= 11 is 0. The summed E-state index contributed by atoms with van der Waals surface area (Å²) in [7, 11) is 0. The van der Waals surface area contributed by atoms with Crippen LogP contribution in [0, 0.1) is 0 Å². The van der Waals surface area contributed by atoms with E-state index in [9.17, 15) is 0 Å². The van der Waals surface area contributed by atoms with E-state index in [-0.39, 0.29) is 0 Å². The van der Waals surface area contributed by atoms with Gasteiger partial charge in [-0.15, -0.1) is 0 Å². The molecule has 19 heavy (non-hydrogen) atoms. The number of rotatable bonds is 1. The fraction of sp³-hybridized carbons (Fsp3) is 0.250. The van der Waals surface area contributed by atoms with Gasteiger partial charge in [0, 0.05) is 18.8 Å². The molecule has 0 bridgehead atoms. The van der Waals surface area contributed by atoms with E-state index >= 15 is 0 Å². The number of ether oxygens (including phenoxy) is 2. The van der Waals surface area contributed by atoms with Crippen molar-refractivity contribution in [1.82, 2.24) is 0 Å². The molecule has 0 unspecified atom stereocenters. The molecule has 0 saturated heterocycles. The number of fused-ring (bicyclic) bond motifs is 2. The largest absolute Gasteiger partial charge is 0.454 e. The lowest BCUT2D eigenvalue weighted by Gasteiger charge is -2.30. The van der Waals surface area contributed by atoms with Crippen molar-refractivity contribution in [3.8, 4) is 11.5 Å². The third-order valence-corrected chi connectivity index (χ3v) is 3.83. The van der Waals surface area contributed by atoms with Crippen molar-refractivity contribution in [2.75, 3.05) is 18.2 Å². The highest BCUT2D eigenvalue weighted by atomic mass is 16.7. The summed E-state index contributed by atoms with van der Waals surface area (Å²) in [6.07, 6.45) is 1.06. The number of para-hydroxylation sites is 1. The highest BCUT2D eigenvalue weighted by Gasteiger charge is 2.22. The smallest absolute Gasteiger partial charge is 0.231 e. The Labute approximate surface area is 112 Å². The predicted octanol–water partition coefficient (Wildman–Crippen LogP) is 2.98. The minimum absolute atomic E-state index is 0.348. The van der Waals surface area contributed by atoms with E-state index < -0.39 is 0 Å². The van der Waals surface area contributed by atoms with Crippen LogP contribution in [-0.4, -0.2) is 13.3 Å². The molecule has 0 fully saturated rings. The molecule has 0 radical (unpaired) electrons. The molecule has 3 nitrogen and oxygen atoms in total. The Kier molecular flexibility index (Phi) is 2.37. The van der Waals surface area contributed by atoms with Crippen LogP contribution >= 0.6 is 0 Å². The Morgan fingerprint density at radius 1 is 0.895 bits per heavy atom. The van der Waals surface area contributed by atoms with Crippen molar-refractivity contribution in [1.29, 1.82) is 0 Å². The topological polar surface area (TPSA) is 21.7 Å². The van der Waals surface area contributed by atoms with Crippen LogP contribution in [-0.2, 0) is 13.0 Å². The predicted molar refractivity (Wildman–Crippen MR) is 73.8 cm³/mol. The van der Waals surface area contributed by atoms with Crippen molar-refractivity contribution < 1.29 is 9.47 Å². The molecule has 4 rings (SSSR count). The molecule has 0 amide bonds. The third kappa shape index (κ3) is 1.82. The maximum Gasteiger partial charge on any atom is 0.231 e. The van der Waals surface area contributed by atoms with Crippen molar-refractivity contribution in [2.24, 2.45) is 0 Å². The van der Waals surface area contributed by atoms with Gasteiger partial charge in [-0.05, 0) is 41.8 Å². The average Bonchev–Trinajstić information content (AvgIpc) is 2.92. The number of nitrogens with zero attached hydrogens (tertiary/aromatic N) is 1. The van der Waals surface area contributed by atoms with Gasteiger partial charge < -0.3 is 14.4 Å². The minimum atomic E-state index is 0.348. The summed E-state index contributed by atoms with van der Waals surface area (Å²) in [6.45, 7) is 2.34. The van der Waals surface area contributed by atoms with Crippen LogP contribution in [0.4, 0.5) is 5.69 Å². The Hall–Kier alpha value is -2.16. The van der Waals surface area contributed by atoms with Crippen LogP contribution in [0.1, 0.15) is 11.1 Å². The zero-order valence-corrected chi connectivity index (χ0v) is 10.6. The van der Waals surface area contributed by atoms with Gasteiger partial charge in [-0.1, -0.05) is 18.2 Å². The summed E-state index contributed by atoms with van der Waals surface area (Å²) in [6, 6.07) is 14.8. The first-order valence-corrected chi connectivity index (χ1v) is 6.61. The molecule has 0 aliphatic carbocycles. The first kappa shape index (κ1) is 10.7. The fourth-order valence-electron chi connectivity index (χ4n) is 2.81. The highest BCUT2D eigenvalue weighted by Crippen LogP contribution is 2.37. The fourth-order valence-corrected chi connectivity index (χ4v) is 2.81. The first-order chi connectivity index (χ1) is 9.40. The van der Waals surface area contributed by atoms with Gasteiger partial charge in [0.1, 0.15) is 0 Å². The van der Waals surface area contributed by atoms with E-state index in [0.29, 0.717) is 6.79 Å². The molecule has 2 aliphatic rings. The van der Waals surface area contributed by atoms with Gasteiger partial charge in [0.15, 0.2) is 11.5 Å². The molecule has 0 saturated carbocycles. The molecule has 96 valence electrons. The maximum atomic E-state index is 5.46. The van der Waals surface area contributed by atoms with E-state index in [1.54, 1.807) is 0 Å². The van der Waals surface area contributed by atoms with Crippen LogP contribution in [0.5, 0.6) is 11.5 Å². The maximum absolute atomic E-state index is 5.46. The summed E-state index contributed by atoms with van der Waals surface area (Å²) in [4.78, 5) is 2.41. The van der Waals surface area contributed by atoms with E-state index in [4.69, 9.17) is 9.47 Å². The van der Waals surface area contributed by atoms with E-state index in [1.165, 1.54) is 16.8 Å². The molecule has 0 spiro atoms. The van der Waals surface area contributed by atoms with Crippen LogP contribution in [0.2, 0.25) is 0 Å². The summed E-state index contributed by atoms with van der Waals surface area (Å²) in [5.41, 5.74) is 4.02. The number of benzene rings is 2. The molecule has 2 heterocycles. The lowest BCUT2D eigenvalue weighted by atomic mass is 9.98. The average molecular weight is 253 g/mol. The summed E-state index contributed by atoms with van der Waals surface area (Å²) in [5.74, 6) is 1.78. The lowest BCUT2D eigenvalue weighted by Crippen LogP contribution is -2.30. The molecule has 3 heteroatoms. The highest BCUT2D eigenvalue weighted by molar-refractivity contribution is 5.54. The zero-order chi connectivity index (χ0) is 12.7. The van der Waals surface area contributed by atoms with Crippen LogP contribution < -0.4 is 14.4 Å². The van der Waals surface area contributed by atoms with Gasteiger partial charge in [-0.25, -0.2) is 0 Å². The lowest BCUT2D eigenvalue weighted by molar-refractivity contribution is 0.174. The monoisotopic (exact) mass is 253 g/mol. The number of hydrogen-bond acceptors (Lipinski definition) is 3. The normalized spacial score (nSPS) is 16.3. The molecule has 2 aromatic carbocycles. The molecular formula is C16H15NO2. The van der Waals surface area contributed by atoms with Crippen LogP contribution in [0.15, 0.2) is 42.5 Å². The van der Waals surface area contributed by atoms with Gasteiger partial charge in [0.05, 0.1) is 0 Å². The number of anilines is 1. The third-order valence-electron chi connectivity index (χ3n) is 3.83. The summed E-state index contributed by atoms with van der Waals surface area (Å²) < 4.78 is 10.9. The van der Waals surface area contributed by atoms with Gasteiger partial charge in [0.25, 0.3) is 0 Å². The zero-order valence-electron chi connectivity index (χ0n) is 10.6. The standard InChI is InChI=1S/C16H15NO2/c1-2-4-14(5-3-1)17-7-6-12-8-15-16(19-11-18-15)9-13(12)10-17/h1-5,8-9H,6-7,10-11H2. The minimum Gasteiger partial charge on any atom is -0.454 e. The Morgan fingerprint density at radius 3 is 2.42 bits per heavy atom. The second-order valence-electron chi connectivity index (χ2n) is 4.98. The van der Waals surface area contributed by atoms with Gasteiger partial charge >= 0.3 is 0 Å². The van der Waals surface area contributed by atoms with Crippen molar-refractivity contribution in [3.05, 3.63) is 53.6 Å². The SMILES string of the molecule is c1ccc(N2CCc3cc4c(cc3C2)OCO4)cc1.